The van der Waals surface area contributed by atoms with E-state index in [9.17, 15) is 13.6 Å². The van der Waals surface area contributed by atoms with E-state index >= 15 is 0 Å². The van der Waals surface area contributed by atoms with Crippen LogP contribution in [0.5, 0.6) is 0 Å². The first-order valence-corrected chi connectivity index (χ1v) is 10.3. The average molecular weight is 479 g/mol. The molecule has 8 heteroatoms. The smallest absolute Gasteiger partial charge is 0.337 e. The third-order valence-electron chi connectivity index (χ3n) is 5.59. The number of fused-ring (bicyclic) bond motifs is 1. The first-order chi connectivity index (χ1) is 14.2. The highest BCUT2D eigenvalue weighted by Crippen LogP contribution is 2.40. The molecule has 30 heavy (non-hydrogen) atoms. The molecule has 1 aliphatic heterocycles. The van der Waals surface area contributed by atoms with E-state index in [0.717, 1.165) is 11.6 Å². The van der Waals surface area contributed by atoms with E-state index in [2.05, 4.69) is 29.8 Å². The van der Waals surface area contributed by atoms with E-state index in [4.69, 9.17) is 14.5 Å². The van der Waals surface area contributed by atoms with Crippen LogP contribution in [0.15, 0.2) is 34.8 Å². The highest BCUT2D eigenvalue weighted by atomic mass is 79.9. The minimum absolute atomic E-state index is 0.0744. The lowest BCUT2D eigenvalue weighted by molar-refractivity contribution is 0.0601. The van der Waals surface area contributed by atoms with Gasteiger partial charge >= 0.3 is 5.97 Å². The van der Waals surface area contributed by atoms with Crippen LogP contribution in [0.4, 0.5) is 8.78 Å². The van der Waals surface area contributed by atoms with Gasteiger partial charge in [0, 0.05) is 11.8 Å². The van der Waals surface area contributed by atoms with Crippen molar-refractivity contribution in [1.29, 1.82) is 0 Å². The van der Waals surface area contributed by atoms with E-state index in [-0.39, 0.29) is 27.9 Å². The molecule has 0 aliphatic carbocycles. The second-order valence-corrected chi connectivity index (χ2v) is 9.00. The van der Waals surface area contributed by atoms with Gasteiger partial charge < -0.3 is 14.0 Å². The van der Waals surface area contributed by atoms with Gasteiger partial charge in [0.05, 0.1) is 47.4 Å². The number of halogens is 3. The number of carbonyl (C=O) groups is 1. The van der Waals surface area contributed by atoms with Crippen molar-refractivity contribution in [1.82, 2.24) is 9.55 Å². The van der Waals surface area contributed by atoms with Crippen LogP contribution >= 0.6 is 15.9 Å². The molecule has 158 valence electrons. The molecule has 3 aromatic rings. The van der Waals surface area contributed by atoms with Crippen LogP contribution in [0.25, 0.3) is 11.0 Å². The van der Waals surface area contributed by atoms with Gasteiger partial charge in [-0.25, -0.2) is 18.6 Å². The van der Waals surface area contributed by atoms with Crippen LogP contribution in [-0.4, -0.2) is 35.8 Å². The Labute approximate surface area is 181 Å². The topological polar surface area (TPSA) is 53.3 Å². The van der Waals surface area contributed by atoms with Crippen molar-refractivity contribution >= 4 is 32.9 Å². The Morgan fingerprint density at radius 2 is 2.07 bits per heavy atom. The summed E-state index contributed by atoms with van der Waals surface area (Å²) in [7, 11) is 1.33. The summed E-state index contributed by atoms with van der Waals surface area (Å²) in [5, 5.41) is 0. The summed E-state index contributed by atoms with van der Waals surface area (Å²) < 4.78 is 41.2. The molecule has 1 aliphatic rings. The van der Waals surface area contributed by atoms with Gasteiger partial charge in [-0.1, -0.05) is 13.8 Å². The quantitative estimate of drug-likeness (QED) is 0.388. The van der Waals surface area contributed by atoms with Crippen LogP contribution in [0.1, 0.15) is 41.6 Å². The fourth-order valence-electron chi connectivity index (χ4n) is 3.91. The Hall–Kier alpha value is -2.32. The minimum atomic E-state index is -0.536. The third kappa shape index (κ3) is 3.63. The van der Waals surface area contributed by atoms with Crippen LogP contribution < -0.4 is 0 Å². The lowest BCUT2D eigenvalue weighted by atomic mass is 9.87. The van der Waals surface area contributed by atoms with E-state index in [1.54, 1.807) is 18.2 Å². The summed E-state index contributed by atoms with van der Waals surface area (Å²) in [5.41, 5.74) is 1.80. The van der Waals surface area contributed by atoms with E-state index in [1.165, 1.54) is 13.2 Å². The van der Waals surface area contributed by atoms with Gasteiger partial charge in [-0.2, -0.15) is 0 Å². The highest BCUT2D eigenvalue weighted by molar-refractivity contribution is 9.10. The molecule has 0 N–H and O–H groups in total. The summed E-state index contributed by atoms with van der Waals surface area (Å²) in [5.74, 6) is -0.920. The molecule has 0 amide bonds. The molecule has 0 spiro atoms. The van der Waals surface area contributed by atoms with Crippen molar-refractivity contribution < 1.29 is 23.0 Å². The fourth-order valence-corrected chi connectivity index (χ4v) is 4.22. The molecule has 0 radical (unpaired) electrons. The number of hydrogen-bond acceptors (Lipinski definition) is 4. The van der Waals surface area contributed by atoms with Crippen LogP contribution in [-0.2, 0) is 15.9 Å². The lowest BCUT2D eigenvalue weighted by Gasteiger charge is -2.28. The summed E-state index contributed by atoms with van der Waals surface area (Å²) in [6.45, 7) is 5.20. The number of esters is 1. The van der Waals surface area contributed by atoms with Gasteiger partial charge in [0.2, 0.25) is 0 Å². The number of rotatable bonds is 4. The van der Waals surface area contributed by atoms with Crippen LogP contribution in [0.3, 0.4) is 0 Å². The van der Waals surface area contributed by atoms with Crippen molar-refractivity contribution in [3.63, 3.8) is 0 Å². The van der Waals surface area contributed by atoms with Gasteiger partial charge in [0.15, 0.2) is 0 Å². The monoisotopic (exact) mass is 478 g/mol. The molecule has 4 rings (SSSR count). The second kappa shape index (κ2) is 7.74. The molecular formula is C22H21BrF2N2O3. The maximum atomic E-state index is 14.5. The molecule has 5 nitrogen and oxygen atoms in total. The highest BCUT2D eigenvalue weighted by Gasteiger charge is 2.39. The number of aromatic nitrogens is 2. The third-order valence-corrected chi connectivity index (χ3v) is 6.19. The Kier molecular flexibility index (Phi) is 5.40. The molecule has 1 atom stereocenters. The summed E-state index contributed by atoms with van der Waals surface area (Å²) in [4.78, 5) is 16.7. The number of hydrogen-bond donors (Lipinski definition) is 0. The van der Waals surface area contributed by atoms with Crippen LogP contribution in [0.2, 0.25) is 0 Å². The summed E-state index contributed by atoms with van der Waals surface area (Å²) in [6.07, 6.45) is 0.102. The number of methoxy groups -OCH3 is 1. The Morgan fingerprint density at radius 1 is 1.30 bits per heavy atom. The number of ether oxygens (including phenoxy) is 2. The molecular weight excluding hydrogens is 458 g/mol. The molecule has 0 bridgehead atoms. The SMILES string of the molecule is COC(=O)c1ccc2nc(Cc3cc(F)c(Br)cc3F)n([C@H]3COCC3(C)C)c2c1. The number of carbonyl (C=O) groups excluding carboxylic acids is 1. The summed E-state index contributed by atoms with van der Waals surface area (Å²) >= 11 is 3.01. The summed E-state index contributed by atoms with van der Waals surface area (Å²) in [6, 6.07) is 7.34. The number of benzene rings is 2. The van der Waals surface area contributed by atoms with E-state index < -0.39 is 17.6 Å². The van der Waals surface area contributed by atoms with Gasteiger partial charge in [-0.3, -0.25) is 0 Å². The molecule has 2 aromatic carbocycles. The lowest BCUT2D eigenvalue weighted by Crippen LogP contribution is -2.27. The van der Waals surface area contributed by atoms with Crippen molar-refractivity contribution in [2.24, 2.45) is 5.41 Å². The largest absolute Gasteiger partial charge is 0.465 e. The number of nitrogens with zero attached hydrogens (tertiary/aromatic N) is 2. The minimum Gasteiger partial charge on any atom is -0.465 e. The maximum Gasteiger partial charge on any atom is 0.337 e. The Balaban J connectivity index is 1.89. The Bertz CT molecular complexity index is 1140. The predicted molar refractivity (Wildman–Crippen MR) is 112 cm³/mol. The number of imidazole rings is 1. The average Bonchev–Trinajstić information content (AvgIpc) is 3.22. The normalized spacial score (nSPS) is 18.1. The second-order valence-electron chi connectivity index (χ2n) is 8.15. The molecule has 0 saturated carbocycles. The zero-order valence-corrected chi connectivity index (χ0v) is 18.4. The van der Waals surface area contributed by atoms with Crippen molar-refractivity contribution in [3.8, 4) is 0 Å². The molecule has 1 fully saturated rings. The molecule has 0 unspecified atom stereocenters. The zero-order chi connectivity index (χ0) is 21.6. The van der Waals surface area contributed by atoms with Crippen molar-refractivity contribution in [2.75, 3.05) is 20.3 Å². The zero-order valence-electron chi connectivity index (χ0n) is 16.8. The Morgan fingerprint density at radius 3 is 2.73 bits per heavy atom. The van der Waals surface area contributed by atoms with Crippen molar-refractivity contribution in [3.05, 3.63) is 63.4 Å². The van der Waals surface area contributed by atoms with E-state index in [0.29, 0.717) is 30.1 Å². The van der Waals surface area contributed by atoms with Crippen molar-refractivity contribution in [2.45, 2.75) is 26.3 Å². The standard InChI is InChI=1S/C22H21BrF2N2O3/c1-22(2)11-30-10-19(22)27-18-7-12(21(28)29-3)4-5-17(18)26-20(27)8-13-6-16(25)14(23)9-15(13)24/h4-7,9,19H,8,10-11H2,1-3H3/t19-/m0/s1. The maximum absolute atomic E-state index is 14.5. The van der Waals surface area contributed by atoms with Gasteiger partial charge in [0.25, 0.3) is 0 Å². The van der Waals surface area contributed by atoms with E-state index in [1.807, 2.05) is 4.57 Å². The van der Waals surface area contributed by atoms with Gasteiger partial charge in [0.1, 0.15) is 17.5 Å². The first kappa shape index (κ1) is 20.9. The fraction of sp³-hybridized carbons (Fsp3) is 0.364. The van der Waals surface area contributed by atoms with Crippen LogP contribution in [0, 0.1) is 17.0 Å². The molecule has 2 heterocycles. The molecule has 1 aromatic heterocycles. The van der Waals surface area contributed by atoms with Gasteiger partial charge in [-0.15, -0.1) is 0 Å². The van der Waals surface area contributed by atoms with Gasteiger partial charge in [-0.05, 0) is 51.8 Å². The first-order valence-electron chi connectivity index (χ1n) is 9.51. The molecule has 1 saturated heterocycles. The predicted octanol–water partition coefficient (Wildman–Crippen LogP) is 5.05.